The van der Waals surface area contributed by atoms with Gasteiger partial charge in [-0.2, -0.15) is 0 Å². The summed E-state index contributed by atoms with van der Waals surface area (Å²) in [6.45, 7) is 5.68. The van der Waals surface area contributed by atoms with Crippen LogP contribution in [-0.2, 0) is 25.5 Å². The Morgan fingerprint density at radius 1 is 0.744 bits per heavy atom. The highest BCUT2D eigenvalue weighted by atomic mass is 16.7. The number of amides is 1. The van der Waals surface area contributed by atoms with E-state index in [0.29, 0.717) is 19.6 Å². The lowest BCUT2D eigenvalue weighted by molar-refractivity contribution is -0.698. The number of pyridine rings is 1. The Morgan fingerprint density at radius 3 is 1.90 bits per heavy atom. The summed E-state index contributed by atoms with van der Waals surface area (Å²) in [5.41, 5.74) is 0. The fourth-order valence-corrected chi connectivity index (χ4v) is 4.49. The molecule has 2 atom stereocenters. The van der Waals surface area contributed by atoms with Gasteiger partial charge in [0.25, 0.3) is 0 Å². The van der Waals surface area contributed by atoms with E-state index in [1.54, 1.807) is 0 Å². The number of alkyl carbamates (subject to hydrolysis) is 1. The molecule has 8 nitrogen and oxygen atoms in total. The summed E-state index contributed by atoms with van der Waals surface area (Å²) in [6.07, 6.45) is 21.0. The first-order valence-corrected chi connectivity index (χ1v) is 15.3. The zero-order valence-electron chi connectivity index (χ0n) is 24.9. The Balaban J connectivity index is 2.14. The van der Waals surface area contributed by atoms with Crippen LogP contribution in [0.2, 0.25) is 0 Å². The van der Waals surface area contributed by atoms with Crippen molar-refractivity contribution in [1.29, 1.82) is 0 Å². The molecule has 1 N–H and O–H groups in total. The van der Waals surface area contributed by atoms with Crippen LogP contribution in [0.5, 0.6) is 0 Å². The Hall–Kier alpha value is -2.35. The molecule has 1 aromatic heterocycles. The van der Waals surface area contributed by atoms with Crippen LogP contribution in [-0.4, -0.2) is 51.3 Å². The maximum absolute atomic E-state index is 11.8. The van der Waals surface area contributed by atoms with Crippen LogP contribution in [0.25, 0.3) is 0 Å². The Kier molecular flexibility index (Phi) is 21.9. The predicted molar refractivity (Wildman–Crippen MR) is 154 cm³/mol. The lowest BCUT2D eigenvalue weighted by atomic mass is 10.0. The van der Waals surface area contributed by atoms with Gasteiger partial charge in [0.2, 0.25) is 0 Å². The van der Waals surface area contributed by atoms with Crippen molar-refractivity contribution in [2.24, 2.45) is 0 Å². The van der Waals surface area contributed by atoms with Crippen LogP contribution in [0.1, 0.15) is 110 Å². The van der Waals surface area contributed by atoms with Crippen LogP contribution in [0.3, 0.4) is 0 Å². The van der Waals surface area contributed by atoms with Crippen molar-refractivity contribution >= 4 is 12.2 Å². The molecule has 1 aromatic rings. The van der Waals surface area contributed by atoms with Crippen molar-refractivity contribution in [3.8, 4) is 0 Å². The van der Waals surface area contributed by atoms with Gasteiger partial charge in [0.05, 0.1) is 32.5 Å². The molecule has 8 heteroatoms. The minimum Gasteiger partial charge on any atom is -0.453 e. The number of unbranched alkanes of at least 4 members (excludes halogenated alkanes) is 12. The fraction of sp³-hybridized carbons (Fsp3) is 0.774. The van der Waals surface area contributed by atoms with E-state index in [1.165, 1.54) is 77.7 Å². The zero-order chi connectivity index (χ0) is 28.4. The minimum atomic E-state index is -0.671. The van der Waals surface area contributed by atoms with Gasteiger partial charge in [-0.15, -0.1) is 0 Å². The quantitative estimate of drug-likeness (QED) is 0.0836. The van der Waals surface area contributed by atoms with E-state index in [4.69, 9.17) is 18.9 Å². The minimum absolute atomic E-state index is 0.119. The first-order chi connectivity index (χ1) is 19.1. The molecule has 0 radical (unpaired) electrons. The average molecular weight is 552 g/mol. The van der Waals surface area contributed by atoms with E-state index in [2.05, 4.69) is 12.2 Å². The molecule has 2 unspecified atom stereocenters. The normalized spacial score (nSPS) is 12.5. The first kappa shape index (κ1) is 34.7. The molecule has 0 spiro atoms. The van der Waals surface area contributed by atoms with Crippen molar-refractivity contribution in [2.75, 3.05) is 26.9 Å². The van der Waals surface area contributed by atoms with Gasteiger partial charge in [-0.1, -0.05) is 96.5 Å². The molecule has 1 amide bonds. The SMILES string of the molecule is CCCCCCCCCCCCCCCC(OCCCOC(=O)OCC[n+]1ccccc1)C(C)NC(=O)OC. The molecule has 0 aliphatic carbocycles. The third-order valence-electron chi connectivity index (χ3n) is 6.87. The van der Waals surface area contributed by atoms with Gasteiger partial charge in [0.1, 0.15) is 0 Å². The maximum Gasteiger partial charge on any atom is 0.508 e. The summed E-state index contributed by atoms with van der Waals surface area (Å²) in [7, 11) is 1.36. The second-order valence-corrected chi connectivity index (χ2v) is 10.3. The van der Waals surface area contributed by atoms with E-state index >= 15 is 0 Å². The molecule has 1 heterocycles. The molecule has 0 saturated heterocycles. The van der Waals surface area contributed by atoms with Crippen molar-refractivity contribution in [3.63, 3.8) is 0 Å². The monoisotopic (exact) mass is 551 g/mol. The summed E-state index contributed by atoms with van der Waals surface area (Å²) < 4.78 is 23.0. The van der Waals surface area contributed by atoms with Crippen LogP contribution >= 0.6 is 0 Å². The summed E-state index contributed by atoms with van der Waals surface area (Å²) >= 11 is 0. The van der Waals surface area contributed by atoms with Crippen LogP contribution < -0.4 is 9.88 Å². The van der Waals surface area contributed by atoms with Crippen molar-refractivity contribution < 1.29 is 33.1 Å². The number of nitrogens with one attached hydrogen (secondary N) is 1. The molecule has 39 heavy (non-hydrogen) atoms. The second-order valence-electron chi connectivity index (χ2n) is 10.3. The topological polar surface area (TPSA) is 87.0 Å². The number of ether oxygens (including phenoxy) is 4. The highest BCUT2D eigenvalue weighted by molar-refractivity contribution is 5.67. The fourth-order valence-electron chi connectivity index (χ4n) is 4.49. The number of aromatic nitrogens is 1. The third kappa shape index (κ3) is 20.2. The van der Waals surface area contributed by atoms with E-state index in [-0.39, 0.29) is 25.4 Å². The van der Waals surface area contributed by atoms with E-state index < -0.39 is 12.2 Å². The second kappa shape index (κ2) is 24.7. The standard InChI is InChI=1S/C31H54N2O6/c1-4-5-6-7-8-9-10-11-12-13-14-15-17-21-29(28(2)32-30(34)36-3)37-25-20-26-38-31(35)39-27-24-33-22-18-16-19-23-33/h16,18-19,22-23,28-29H,4-15,17,20-21,24-27H2,1-3H3/p+1. The van der Waals surface area contributed by atoms with Gasteiger partial charge in [0.15, 0.2) is 25.5 Å². The number of hydrogen-bond donors (Lipinski definition) is 1. The lowest BCUT2D eigenvalue weighted by Gasteiger charge is -2.25. The Bertz CT molecular complexity index is 718. The van der Waals surface area contributed by atoms with Gasteiger partial charge in [-0.05, 0) is 13.3 Å². The Labute approximate surface area is 237 Å². The molecular formula is C31H55N2O6+. The van der Waals surface area contributed by atoms with Gasteiger partial charge in [0, 0.05) is 18.6 Å². The van der Waals surface area contributed by atoms with Gasteiger partial charge >= 0.3 is 12.2 Å². The van der Waals surface area contributed by atoms with Gasteiger partial charge in [-0.25, -0.2) is 14.2 Å². The van der Waals surface area contributed by atoms with E-state index in [1.807, 2.05) is 42.1 Å². The van der Waals surface area contributed by atoms with Crippen molar-refractivity contribution in [1.82, 2.24) is 5.32 Å². The van der Waals surface area contributed by atoms with Gasteiger partial charge < -0.3 is 24.3 Å². The Morgan fingerprint density at radius 2 is 1.31 bits per heavy atom. The predicted octanol–water partition coefficient (Wildman–Crippen LogP) is 7.13. The molecule has 0 fully saturated rings. The van der Waals surface area contributed by atoms with Crippen LogP contribution in [0.4, 0.5) is 9.59 Å². The maximum atomic E-state index is 11.8. The average Bonchev–Trinajstić information content (AvgIpc) is 2.94. The number of methoxy groups -OCH3 is 1. The van der Waals surface area contributed by atoms with Gasteiger partial charge in [-0.3, -0.25) is 0 Å². The van der Waals surface area contributed by atoms with Crippen molar-refractivity contribution in [2.45, 2.75) is 129 Å². The lowest BCUT2D eigenvalue weighted by Crippen LogP contribution is -2.42. The summed E-state index contributed by atoms with van der Waals surface area (Å²) in [5.74, 6) is 0. The first-order valence-electron chi connectivity index (χ1n) is 15.3. The molecule has 0 aromatic carbocycles. The number of hydrogen-bond acceptors (Lipinski definition) is 6. The molecule has 224 valence electrons. The van der Waals surface area contributed by atoms with E-state index in [9.17, 15) is 9.59 Å². The number of rotatable bonds is 24. The molecule has 0 aliphatic heterocycles. The largest absolute Gasteiger partial charge is 0.508 e. The molecule has 0 bridgehead atoms. The molecule has 0 aliphatic rings. The van der Waals surface area contributed by atoms with Crippen LogP contribution in [0, 0.1) is 0 Å². The van der Waals surface area contributed by atoms with E-state index in [0.717, 1.165) is 19.3 Å². The summed E-state index contributed by atoms with van der Waals surface area (Å²) in [4.78, 5) is 23.5. The molecule has 0 saturated carbocycles. The highest BCUT2D eigenvalue weighted by Gasteiger charge is 2.20. The molecular weight excluding hydrogens is 496 g/mol. The molecule has 1 rings (SSSR count). The zero-order valence-corrected chi connectivity index (χ0v) is 24.9. The summed E-state index contributed by atoms with van der Waals surface area (Å²) in [6, 6.07) is 5.61. The number of carbonyl (C=O) groups is 2. The number of carbonyl (C=O) groups excluding carboxylic acids is 2. The number of nitrogens with zero attached hydrogens (tertiary/aromatic N) is 1. The third-order valence-corrected chi connectivity index (χ3v) is 6.87. The van der Waals surface area contributed by atoms with Crippen LogP contribution in [0.15, 0.2) is 30.6 Å². The smallest absolute Gasteiger partial charge is 0.453 e. The van der Waals surface area contributed by atoms with Crippen molar-refractivity contribution in [3.05, 3.63) is 30.6 Å². The highest BCUT2D eigenvalue weighted by Crippen LogP contribution is 2.15. The summed E-state index contributed by atoms with van der Waals surface area (Å²) in [5, 5.41) is 2.83.